The summed E-state index contributed by atoms with van der Waals surface area (Å²) in [5.74, 6) is 6.39. The van der Waals surface area contributed by atoms with E-state index < -0.39 is 0 Å². The SMILES string of the molecule is CC12CC3C(CN)CC(CC4CC41)C32. The number of hydrogen-bond acceptors (Lipinski definition) is 1. The average Bonchev–Trinajstić information content (AvgIpc) is 2.82. The Morgan fingerprint density at radius 2 is 2.07 bits per heavy atom. The van der Waals surface area contributed by atoms with Gasteiger partial charge in [0.05, 0.1) is 0 Å². The van der Waals surface area contributed by atoms with Crippen LogP contribution in [0.5, 0.6) is 0 Å². The van der Waals surface area contributed by atoms with Crippen LogP contribution in [0.1, 0.15) is 32.6 Å². The number of nitrogens with two attached hydrogens (primary N) is 1. The molecule has 1 nitrogen and oxygen atoms in total. The van der Waals surface area contributed by atoms with Crippen molar-refractivity contribution < 1.29 is 0 Å². The highest BCUT2D eigenvalue weighted by Gasteiger charge is 2.70. The smallest absolute Gasteiger partial charge is 0.00460 e. The van der Waals surface area contributed by atoms with Gasteiger partial charge in [-0.05, 0) is 73.2 Å². The summed E-state index contributed by atoms with van der Waals surface area (Å²) in [6, 6.07) is 0. The summed E-state index contributed by atoms with van der Waals surface area (Å²) in [7, 11) is 0. The van der Waals surface area contributed by atoms with Crippen molar-refractivity contribution in [3.8, 4) is 0 Å². The van der Waals surface area contributed by atoms with Gasteiger partial charge in [0.15, 0.2) is 0 Å². The lowest BCUT2D eigenvalue weighted by atomic mass is 9.48. The molecule has 4 fully saturated rings. The van der Waals surface area contributed by atoms with Crippen molar-refractivity contribution in [2.75, 3.05) is 6.54 Å². The molecule has 0 spiro atoms. The Hall–Kier alpha value is -0.0400. The molecule has 78 valence electrons. The Bertz CT molecular complexity index is 287. The van der Waals surface area contributed by atoms with E-state index in [9.17, 15) is 0 Å². The first-order valence-electron chi connectivity index (χ1n) is 6.44. The predicted octanol–water partition coefficient (Wildman–Crippen LogP) is 2.26. The van der Waals surface area contributed by atoms with Crippen LogP contribution in [0, 0.1) is 40.9 Å². The minimum absolute atomic E-state index is 0.780. The Morgan fingerprint density at radius 3 is 2.86 bits per heavy atom. The van der Waals surface area contributed by atoms with Crippen LogP contribution in [0.4, 0.5) is 0 Å². The van der Waals surface area contributed by atoms with Gasteiger partial charge in [0.25, 0.3) is 0 Å². The van der Waals surface area contributed by atoms with Gasteiger partial charge in [-0.1, -0.05) is 6.92 Å². The molecule has 4 aliphatic carbocycles. The predicted molar refractivity (Wildman–Crippen MR) is 56.6 cm³/mol. The minimum atomic E-state index is 0.780. The summed E-state index contributed by atoms with van der Waals surface area (Å²) in [4.78, 5) is 0. The third-order valence-electron chi connectivity index (χ3n) is 6.30. The van der Waals surface area contributed by atoms with Gasteiger partial charge in [0.1, 0.15) is 0 Å². The van der Waals surface area contributed by atoms with E-state index in [1.54, 1.807) is 12.8 Å². The summed E-state index contributed by atoms with van der Waals surface area (Å²) in [5, 5.41) is 0. The Morgan fingerprint density at radius 1 is 1.21 bits per heavy atom. The lowest BCUT2D eigenvalue weighted by Crippen LogP contribution is -2.51. The van der Waals surface area contributed by atoms with Gasteiger partial charge < -0.3 is 5.73 Å². The van der Waals surface area contributed by atoms with E-state index in [1.807, 2.05) is 0 Å². The Labute approximate surface area is 86.4 Å². The molecule has 0 amide bonds. The highest BCUT2D eigenvalue weighted by Crippen LogP contribution is 2.76. The van der Waals surface area contributed by atoms with Crippen molar-refractivity contribution >= 4 is 0 Å². The van der Waals surface area contributed by atoms with Crippen molar-refractivity contribution in [1.82, 2.24) is 0 Å². The maximum absolute atomic E-state index is 5.89. The lowest BCUT2D eigenvalue weighted by molar-refractivity contribution is -0.0852. The summed E-state index contributed by atoms with van der Waals surface area (Å²) in [6.45, 7) is 3.55. The molecule has 0 aromatic rings. The molecule has 0 radical (unpaired) electrons. The Balaban J connectivity index is 1.69. The molecule has 0 aromatic carbocycles. The van der Waals surface area contributed by atoms with Gasteiger partial charge in [-0.15, -0.1) is 0 Å². The normalized spacial score (nSPS) is 68.1. The summed E-state index contributed by atoms with van der Waals surface area (Å²) in [6.07, 6.45) is 6.14. The van der Waals surface area contributed by atoms with Crippen molar-refractivity contribution in [1.29, 1.82) is 0 Å². The van der Waals surface area contributed by atoms with Gasteiger partial charge >= 0.3 is 0 Å². The van der Waals surface area contributed by atoms with E-state index in [-0.39, 0.29) is 0 Å². The maximum atomic E-state index is 5.89. The Kier molecular flexibility index (Phi) is 1.29. The molecular formula is C13H21N. The molecule has 0 aromatic heterocycles. The standard InChI is InChI=1S/C13H21N/c1-13-5-10-9(6-14)3-8(12(10)13)2-7-4-11(7)13/h7-12H,2-6,14H2,1H3. The maximum Gasteiger partial charge on any atom is -0.00460 e. The molecule has 1 heteroatoms. The minimum Gasteiger partial charge on any atom is -0.330 e. The van der Waals surface area contributed by atoms with E-state index in [2.05, 4.69) is 6.92 Å². The zero-order valence-electron chi connectivity index (χ0n) is 9.08. The van der Waals surface area contributed by atoms with Crippen LogP contribution in [-0.2, 0) is 0 Å². The van der Waals surface area contributed by atoms with Gasteiger partial charge in [-0.3, -0.25) is 0 Å². The fourth-order valence-electron chi connectivity index (χ4n) is 5.77. The van der Waals surface area contributed by atoms with Gasteiger partial charge in [0.2, 0.25) is 0 Å². The lowest BCUT2D eigenvalue weighted by Gasteiger charge is -2.57. The van der Waals surface area contributed by atoms with Crippen LogP contribution in [0.2, 0.25) is 0 Å². The fourth-order valence-corrected chi connectivity index (χ4v) is 5.77. The van der Waals surface area contributed by atoms with Crippen LogP contribution >= 0.6 is 0 Å². The van der Waals surface area contributed by atoms with Gasteiger partial charge in [-0.25, -0.2) is 0 Å². The van der Waals surface area contributed by atoms with E-state index in [0.717, 1.165) is 47.5 Å². The molecule has 4 aliphatic rings. The zero-order valence-corrected chi connectivity index (χ0v) is 9.08. The molecular weight excluding hydrogens is 170 g/mol. The molecule has 0 aliphatic heterocycles. The summed E-state index contributed by atoms with van der Waals surface area (Å²) >= 11 is 0. The quantitative estimate of drug-likeness (QED) is 0.676. The molecule has 4 saturated carbocycles. The van der Waals surface area contributed by atoms with Crippen molar-refractivity contribution in [2.24, 2.45) is 46.7 Å². The van der Waals surface area contributed by atoms with Crippen molar-refractivity contribution in [2.45, 2.75) is 32.6 Å². The van der Waals surface area contributed by atoms with E-state index >= 15 is 0 Å². The van der Waals surface area contributed by atoms with Crippen LogP contribution in [0.25, 0.3) is 0 Å². The van der Waals surface area contributed by atoms with E-state index in [4.69, 9.17) is 5.73 Å². The van der Waals surface area contributed by atoms with Gasteiger partial charge in [0, 0.05) is 0 Å². The second kappa shape index (κ2) is 2.21. The first kappa shape index (κ1) is 8.15. The largest absolute Gasteiger partial charge is 0.330 e. The molecule has 7 unspecified atom stereocenters. The summed E-state index contributed by atoms with van der Waals surface area (Å²) in [5.41, 5.74) is 6.67. The van der Waals surface area contributed by atoms with Crippen LogP contribution in [0.15, 0.2) is 0 Å². The molecule has 0 bridgehead atoms. The fraction of sp³-hybridized carbons (Fsp3) is 1.00. The van der Waals surface area contributed by atoms with Crippen molar-refractivity contribution in [3.05, 3.63) is 0 Å². The third-order valence-corrected chi connectivity index (χ3v) is 6.30. The van der Waals surface area contributed by atoms with E-state index in [1.165, 1.54) is 12.8 Å². The second-order valence-electron chi connectivity index (χ2n) is 6.73. The first-order valence-corrected chi connectivity index (χ1v) is 6.44. The molecule has 0 heterocycles. The number of fused-ring (bicyclic) bond motifs is 2. The molecule has 14 heavy (non-hydrogen) atoms. The topological polar surface area (TPSA) is 26.0 Å². The second-order valence-corrected chi connectivity index (χ2v) is 6.73. The monoisotopic (exact) mass is 191 g/mol. The van der Waals surface area contributed by atoms with Crippen molar-refractivity contribution in [3.63, 3.8) is 0 Å². The third kappa shape index (κ3) is 0.711. The first-order chi connectivity index (χ1) is 6.74. The van der Waals surface area contributed by atoms with E-state index in [0.29, 0.717) is 0 Å². The van der Waals surface area contributed by atoms with Crippen LogP contribution < -0.4 is 5.73 Å². The van der Waals surface area contributed by atoms with Crippen LogP contribution in [0.3, 0.4) is 0 Å². The molecule has 0 saturated heterocycles. The number of hydrogen-bond donors (Lipinski definition) is 1. The number of rotatable bonds is 1. The zero-order chi connectivity index (χ0) is 9.50. The highest BCUT2D eigenvalue weighted by molar-refractivity contribution is 5.18. The molecule has 4 rings (SSSR count). The van der Waals surface area contributed by atoms with Crippen LogP contribution in [-0.4, -0.2) is 6.54 Å². The molecule has 7 atom stereocenters. The highest BCUT2D eigenvalue weighted by atomic mass is 14.8. The molecule has 2 N–H and O–H groups in total. The van der Waals surface area contributed by atoms with Gasteiger partial charge in [-0.2, -0.15) is 0 Å². The summed E-state index contributed by atoms with van der Waals surface area (Å²) < 4.78 is 0. The average molecular weight is 191 g/mol.